The van der Waals surface area contributed by atoms with E-state index < -0.39 is 17.7 Å². The Morgan fingerprint density at radius 1 is 1.18 bits per heavy atom. The number of H-pyrrole nitrogens is 1. The second-order valence-corrected chi connectivity index (χ2v) is 9.23. The van der Waals surface area contributed by atoms with Crippen LogP contribution in [0.15, 0.2) is 54.2 Å². The fourth-order valence-corrected chi connectivity index (χ4v) is 4.40. The van der Waals surface area contributed by atoms with Crippen LogP contribution in [0.1, 0.15) is 36.6 Å². The van der Waals surface area contributed by atoms with Crippen LogP contribution in [0, 0.1) is 6.92 Å². The molecule has 1 aromatic heterocycles. The highest BCUT2D eigenvalue weighted by molar-refractivity contribution is 6.46. The maximum Gasteiger partial charge on any atom is 0.295 e. The van der Waals surface area contributed by atoms with Crippen molar-refractivity contribution >= 4 is 28.4 Å². The van der Waals surface area contributed by atoms with E-state index in [0.717, 1.165) is 22.0 Å². The molecule has 1 amide bonds. The number of aliphatic hydroxyl groups excluding tert-OH is 1. The lowest BCUT2D eigenvalue weighted by Gasteiger charge is -2.26. The minimum absolute atomic E-state index is 0.0158. The predicted octanol–water partition coefficient (Wildman–Crippen LogP) is 4.25. The smallest absolute Gasteiger partial charge is 0.295 e. The lowest BCUT2D eigenvalue weighted by atomic mass is 9.94. The zero-order valence-electron chi connectivity index (χ0n) is 20.3. The van der Waals surface area contributed by atoms with E-state index in [0.29, 0.717) is 24.4 Å². The zero-order chi connectivity index (χ0) is 24.6. The summed E-state index contributed by atoms with van der Waals surface area (Å²) in [5.74, 6) is -0.742. The molecule has 1 aliphatic heterocycles. The number of carbonyl (C=O) groups is 2. The number of aliphatic hydroxyl groups is 1. The molecule has 0 aliphatic carbocycles. The number of benzene rings is 2. The molecule has 1 saturated heterocycles. The summed E-state index contributed by atoms with van der Waals surface area (Å²) in [6.45, 7) is 6.74. The summed E-state index contributed by atoms with van der Waals surface area (Å²) in [4.78, 5) is 33.1. The SMILES string of the molecule is Cc1cc(/C(O)=C2\C(=O)C(=O)N(CCN(C)C)C2c2c[nH]c3ccccc23)ccc1OC(C)C. The molecule has 2 aromatic carbocycles. The third-order valence-electron chi connectivity index (χ3n) is 6.05. The molecule has 1 atom stereocenters. The van der Waals surface area contributed by atoms with Crippen molar-refractivity contribution in [3.8, 4) is 5.75 Å². The quantitative estimate of drug-likeness (QED) is 0.312. The third-order valence-corrected chi connectivity index (χ3v) is 6.05. The van der Waals surface area contributed by atoms with E-state index in [1.807, 2.05) is 70.2 Å². The number of likely N-dealkylation sites (N-methyl/N-ethyl adjacent to an activating group) is 1. The van der Waals surface area contributed by atoms with E-state index in [4.69, 9.17) is 4.74 Å². The average Bonchev–Trinajstić information content (AvgIpc) is 3.32. The van der Waals surface area contributed by atoms with Gasteiger partial charge in [0.05, 0.1) is 17.7 Å². The minimum Gasteiger partial charge on any atom is -0.507 e. The summed E-state index contributed by atoms with van der Waals surface area (Å²) in [6, 6.07) is 12.3. The molecule has 0 saturated carbocycles. The van der Waals surface area contributed by atoms with Gasteiger partial charge in [-0.3, -0.25) is 9.59 Å². The molecule has 34 heavy (non-hydrogen) atoms. The Hall–Kier alpha value is -3.58. The van der Waals surface area contributed by atoms with Crippen LogP contribution in [0.4, 0.5) is 0 Å². The van der Waals surface area contributed by atoms with Crippen molar-refractivity contribution in [1.82, 2.24) is 14.8 Å². The number of carbonyl (C=O) groups excluding carboxylic acids is 2. The van der Waals surface area contributed by atoms with Gasteiger partial charge in [0.25, 0.3) is 11.7 Å². The van der Waals surface area contributed by atoms with Crippen LogP contribution >= 0.6 is 0 Å². The molecule has 3 aromatic rings. The number of aryl methyl sites for hydroxylation is 1. The second kappa shape index (κ2) is 9.35. The first-order chi connectivity index (χ1) is 16.2. The Morgan fingerprint density at radius 3 is 2.59 bits per heavy atom. The number of nitrogens with one attached hydrogen (secondary N) is 1. The standard InChI is InChI=1S/C27H31N3O4/c1-16(2)34-22-11-10-18(14-17(22)3)25(31)23-24(20-15-28-21-9-7-6-8-19(20)21)30(13-12-29(4)5)27(33)26(23)32/h6-11,14-16,24,28,31H,12-13H2,1-5H3/b25-23+. The number of fused-ring (bicyclic) bond motifs is 1. The summed E-state index contributed by atoms with van der Waals surface area (Å²) < 4.78 is 5.81. The minimum atomic E-state index is -0.692. The molecule has 7 nitrogen and oxygen atoms in total. The highest BCUT2D eigenvalue weighted by Gasteiger charge is 2.46. The summed E-state index contributed by atoms with van der Waals surface area (Å²) in [7, 11) is 3.84. The molecule has 0 spiro atoms. The molecule has 0 bridgehead atoms. The summed E-state index contributed by atoms with van der Waals surface area (Å²) >= 11 is 0. The molecular weight excluding hydrogens is 430 g/mol. The van der Waals surface area contributed by atoms with E-state index in [-0.39, 0.29) is 17.4 Å². The summed E-state index contributed by atoms with van der Waals surface area (Å²) in [5, 5.41) is 12.3. The first kappa shape index (κ1) is 23.6. The van der Waals surface area contributed by atoms with Crippen molar-refractivity contribution < 1.29 is 19.4 Å². The number of hydrogen-bond acceptors (Lipinski definition) is 5. The molecular formula is C27H31N3O4. The van der Waals surface area contributed by atoms with Gasteiger partial charge in [0.15, 0.2) is 0 Å². The Balaban J connectivity index is 1.86. The number of para-hydroxylation sites is 1. The molecule has 178 valence electrons. The van der Waals surface area contributed by atoms with Crippen LogP contribution in [-0.2, 0) is 9.59 Å². The first-order valence-electron chi connectivity index (χ1n) is 11.5. The maximum absolute atomic E-state index is 13.3. The maximum atomic E-state index is 13.3. The van der Waals surface area contributed by atoms with Gasteiger partial charge in [-0.1, -0.05) is 18.2 Å². The zero-order valence-corrected chi connectivity index (χ0v) is 20.3. The van der Waals surface area contributed by atoms with Gasteiger partial charge in [-0.05, 0) is 64.7 Å². The number of likely N-dealkylation sites (tertiary alicyclic amines) is 1. The third kappa shape index (κ3) is 4.31. The molecule has 7 heteroatoms. The van der Waals surface area contributed by atoms with Crippen molar-refractivity contribution in [3.63, 3.8) is 0 Å². The van der Waals surface area contributed by atoms with Crippen LogP contribution in [0.2, 0.25) is 0 Å². The van der Waals surface area contributed by atoms with E-state index in [1.165, 1.54) is 0 Å². The molecule has 2 heterocycles. The largest absolute Gasteiger partial charge is 0.507 e. The number of nitrogens with zero attached hydrogens (tertiary/aromatic N) is 2. The molecule has 4 rings (SSSR count). The monoisotopic (exact) mass is 461 g/mol. The number of ether oxygens (including phenoxy) is 1. The fraction of sp³-hybridized carbons (Fsp3) is 0.333. The topological polar surface area (TPSA) is 85.9 Å². The number of aromatic amines is 1. The van der Waals surface area contributed by atoms with E-state index in [2.05, 4.69) is 4.98 Å². The summed E-state index contributed by atoms with van der Waals surface area (Å²) in [5.41, 5.74) is 3.10. The highest BCUT2D eigenvalue weighted by Crippen LogP contribution is 2.42. The van der Waals surface area contributed by atoms with Crippen LogP contribution in [0.25, 0.3) is 16.7 Å². The highest BCUT2D eigenvalue weighted by atomic mass is 16.5. The van der Waals surface area contributed by atoms with Crippen LogP contribution in [0.3, 0.4) is 0 Å². The Morgan fingerprint density at radius 2 is 1.91 bits per heavy atom. The normalized spacial score (nSPS) is 18.0. The van der Waals surface area contributed by atoms with E-state index in [1.54, 1.807) is 23.1 Å². The molecule has 1 fully saturated rings. The van der Waals surface area contributed by atoms with Crippen molar-refractivity contribution in [2.75, 3.05) is 27.2 Å². The van der Waals surface area contributed by atoms with Gasteiger partial charge in [-0.15, -0.1) is 0 Å². The van der Waals surface area contributed by atoms with Gasteiger partial charge in [0.1, 0.15) is 11.5 Å². The van der Waals surface area contributed by atoms with Crippen molar-refractivity contribution in [1.29, 1.82) is 0 Å². The van der Waals surface area contributed by atoms with Crippen LogP contribution in [-0.4, -0.2) is 64.9 Å². The molecule has 1 unspecified atom stereocenters. The first-order valence-corrected chi connectivity index (χ1v) is 11.5. The molecule has 1 aliphatic rings. The second-order valence-electron chi connectivity index (χ2n) is 9.23. The Bertz CT molecular complexity index is 1270. The van der Waals surface area contributed by atoms with Gasteiger partial charge in [0, 0.05) is 41.3 Å². The average molecular weight is 462 g/mol. The number of Topliss-reactive ketones (excluding diaryl/α,β-unsaturated/α-hetero) is 1. The van der Waals surface area contributed by atoms with Crippen molar-refractivity contribution in [2.45, 2.75) is 32.9 Å². The van der Waals surface area contributed by atoms with Gasteiger partial charge < -0.3 is 24.6 Å². The van der Waals surface area contributed by atoms with Gasteiger partial charge in [0.2, 0.25) is 0 Å². The summed E-state index contributed by atoms with van der Waals surface area (Å²) in [6.07, 6.45) is 1.84. The molecule has 2 N–H and O–H groups in total. The van der Waals surface area contributed by atoms with Gasteiger partial charge in [-0.25, -0.2) is 0 Å². The van der Waals surface area contributed by atoms with E-state index >= 15 is 0 Å². The number of aromatic nitrogens is 1. The number of rotatable bonds is 7. The molecule has 0 radical (unpaired) electrons. The predicted molar refractivity (Wildman–Crippen MR) is 133 cm³/mol. The number of ketones is 1. The lowest BCUT2D eigenvalue weighted by molar-refractivity contribution is -0.140. The van der Waals surface area contributed by atoms with E-state index in [9.17, 15) is 14.7 Å². The fourth-order valence-electron chi connectivity index (χ4n) is 4.40. The van der Waals surface area contributed by atoms with Gasteiger partial charge >= 0.3 is 0 Å². The van der Waals surface area contributed by atoms with Crippen molar-refractivity contribution in [2.24, 2.45) is 0 Å². The van der Waals surface area contributed by atoms with Gasteiger partial charge in [-0.2, -0.15) is 0 Å². The van der Waals surface area contributed by atoms with Crippen LogP contribution < -0.4 is 4.74 Å². The number of amides is 1. The van der Waals surface area contributed by atoms with Crippen molar-refractivity contribution in [3.05, 3.63) is 70.9 Å². The number of hydrogen-bond donors (Lipinski definition) is 2. The Kier molecular flexibility index (Phi) is 6.48. The Labute approximate surface area is 199 Å². The lowest BCUT2D eigenvalue weighted by Crippen LogP contribution is -2.35. The van der Waals surface area contributed by atoms with Crippen LogP contribution in [0.5, 0.6) is 5.75 Å².